The van der Waals surface area contributed by atoms with Gasteiger partial charge in [-0.2, -0.15) is 9.52 Å². The molecule has 0 fully saturated rings. The number of aromatic nitrogens is 1. The predicted octanol–water partition coefficient (Wildman–Crippen LogP) is 4.62. The Hall–Kier alpha value is -2.44. The molecule has 0 saturated carbocycles. The molecule has 1 atom stereocenters. The van der Waals surface area contributed by atoms with Crippen LogP contribution in [0.1, 0.15) is 34.7 Å². The smallest absolute Gasteiger partial charge is 0.235 e. The normalized spacial score (nSPS) is 17.2. The average molecular weight is 414 g/mol. The Morgan fingerprint density at radius 2 is 1.82 bits per heavy atom. The lowest BCUT2D eigenvalue weighted by Gasteiger charge is -2.22. The number of aryl methyl sites for hydroxylation is 2. The number of hydrogen-bond acceptors (Lipinski definition) is 4. The number of para-hydroxylation sites is 1. The quantitative estimate of drug-likeness (QED) is 0.589. The van der Waals surface area contributed by atoms with E-state index in [1.54, 1.807) is 0 Å². The molecular formula is C21H20ClN3O2S. The van der Waals surface area contributed by atoms with Crippen molar-refractivity contribution in [3.8, 4) is 0 Å². The lowest BCUT2D eigenvalue weighted by atomic mass is 9.98. The van der Waals surface area contributed by atoms with E-state index < -0.39 is 16.1 Å². The molecule has 28 heavy (non-hydrogen) atoms. The maximum atomic E-state index is 12.4. The summed E-state index contributed by atoms with van der Waals surface area (Å²) in [6, 6.07) is 15.2. The fourth-order valence-electron chi connectivity index (χ4n) is 3.52. The molecule has 1 aromatic heterocycles. The SMILES string of the molecule is Cc1ccc(C2=NN(S(C)(=O)=O)[C@@H](c3cc4cccc(C)c4nc3Cl)C2)cc1. The second kappa shape index (κ2) is 6.87. The number of benzene rings is 2. The zero-order valence-electron chi connectivity index (χ0n) is 15.8. The van der Waals surface area contributed by atoms with Gasteiger partial charge in [0.1, 0.15) is 5.15 Å². The number of sulfonamides is 1. The molecule has 4 rings (SSSR count). The summed E-state index contributed by atoms with van der Waals surface area (Å²) in [5, 5.41) is 5.67. The highest BCUT2D eigenvalue weighted by Crippen LogP contribution is 2.38. The Morgan fingerprint density at radius 3 is 2.50 bits per heavy atom. The first kappa shape index (κ1) is 18.9. The molecule has 1 aliphatic heterocycles. The zero-order chi connectivity index (χ0) is 20.1. The van der Waals surface area contributed by atoms with Gasteiger partial charge in [-0.1, -0.05) is 59.6 Å². The van der Waals surface area contributed by atoms with Crippen LogP contribution in [0.3, 0.4) is 0 Å². The molecule has 2 aromatic carbocycles. The first-order valence-corrected chi connectivity index (χ1v) is 11.2. The number of halogens is 1. The molecule has 0 spiro atoms. The molecule has 3 aromatic rings. The fraction of sp³-hybridized carbons (Fsp3) is 0.238. The Bertz CT molecular complexity index is 1200. The third-order valence-corrected chi connectivity index (χ3v) is 6.30. The summed E-state index contributed by atoms with van der Waals surface area (Å²) in [6.45, 7) is 3.98. The Balaban J connectivity index is 1.82. The highest BCUT2D eigenvalue weighted by molar-refractivity contribution is 7.88. The van der Waals surface area contributed by atoms with Crippen LogP contribution in [0.4, 0.5) is 0 Å². The summed E-state index contributed by atoms with van der Waals surface area (Å²) in [4.78, 5) is 4.54. The Kier molecular flexibility index (Phi) is 4.63. The van der Waals surface area contributed by atoms with Crippen molar-refractivity contribution >= 4 is 38.2 Å². The van der Waals surface area contributed by atoms with Gasteiger partial charge in [0.2, 0.25) is 10.0 Å². The number of rotatable bonds is 3. The van der Waals surface area contributed by atoms with Crippen LogP contribution >= 0.6 is 11.6 Å². The molecule has 0 saturated heterocycles. The van der Waals surface area contributed by atoms with Gasteiger partial charge in [-0.15, -0.1) is 0 Å². The molecule has 0 radical (unpaired) electrons. The maximum Gasteiger partial charge on any atom is 0.247 e. The van der Waals surface area contributed by atoms with Gasteiger partial charge in [-0.05, 0) is 31.0 Å². The largest absolute Gasteiger partial charge is 0.247 e. The minimum absolute atomic E-state index is 0.306. The van der Waals surface area contributed by atoms with Crippen LogP contribution in [-0.2, 0) is 10.0 Å². The third-order valence-electron chi connectivity index (χ3n) is 4.98. The van der Waals surface area contributed by atoms with Crippen molar-refractivity contribution in [1.29, 1.82) is 0 Å². The van der Waals surface area contributed by atoms with Gasteiger partial charge < -0.3 is 0 Å². The summed E-state index contributed by atoms with van der Waals surface area (Å²) in [5.74, 6) is 0. The molecule has 0 N–H and O–H groups in total. The van der Waals surface area contributed by atoms with Crippen molar-refractivity contribution in [2.24, 2.45) is 5.10 Å². The van der Waals surface area contributed by atoms with Crippen molar-refractivity contribution in [3.63, 3.8) is 0 Å². The van der Waals surface area contributed by atoms with Crippen molar-refractivity contribution in [2.45, 2.75) is 26.3 Å². The van der Waals surface area contributed by atoms with Gasteiger partial charge in [0.25, 0.3) is 0 Å². The van der Waals surface area contributed by atoms with Gasteiger partial charge in [0.05, 0.1) is 23.5 Å². The van der Waals surface area contributed by atoms with E-state index in [4.69, 9.17) is 11.6 Å². The van der Waals surface area contributed by atoms with Gasteiger partial charge in [-0.25, -0.2) is 13.4 Å². The first-order valence-electron chi connectivity index (χ1n) is 8.94. The third kappa shape index (κ3) is 3.38. The van der Waals surface area contributed by atoms with Crippen LogP contribution in [0, 0.1) is 13.8 Å². The van der Waals surface area contributed by atoms with Crippen LogP contribution in [0.5, 0.6) is 0 Å². The van der Waals surface area contributed by atoms with E-state index >= 15 is 0 Å². The van der Waals surface area contributed by atoms with E-state index in [-0.39, 0.29) is 0 Å². The molecule has 0 amide bonds. The van der Waals surface area contributed by atoms with E-state index in [1.807, 2.05) is 62.4 Å². The van der Waals surface area contributed by atoms with E-state index in [1.165, 1.54) is 0 Å². The fourth-order valence-corrected chi connectivity index (χ4v) is 4.68. The predicted molar refractivity (Wildman–Crippen MR) is 113 cm³/mol. The number of hydrogen-bond donors (Lipinski definition) is 0. The molecular weight excluding hydrogens is 394 g/mol. The lowest BCUT2D eigenvalue weighted by Crippen LogP contribution is -2.26. The zero-order valence-corrected chi connectivity index (χ0v) is 17.4. The van der Waals surface area contributed by atoms with Crippen molar-refractivity contribution in [3.05, 3.63) is 75.9 Å². The van der Waals surface area contributed by atoms with Crippen molar-refractivity contribution in [1.82, 2.24) is 9.40 Å². The molecule has 0 bridgehead atoms. The summed E-state index contributed by atoms with van der Waals surface area (Å²) < 4.78 is 26.0. The second-order valence-corrected chi connectivity index (χ2v) is 9.38. The molecule has 2 heterocycles. The molecule has 0 unspecified atom stereocenters. The topological polar surface area (TPSA) is 62.6 Å². The first-order chi connectivity index (χ1) is 13.2. The summed E-state index contributed by atoms with van der Waals surface area (Å²) >= 11 is 6.50. The minimum atomic E-state index is -3.57. The Morgan fingerprint density at radius 1 is 1.11 bits per heavy atom. The van der Waals surface area contributed by atoms with E-state index in [0.717, 1.165) is 44.0 Å². The maximum absolute atomic E-state index is 12.4. The molecule has 144 valence electrons. The average Bonchev–Trinajstić information content (AvgIpc) is 3.08. The lowest BCUT2D eigenvalue weighted by molar-refractivity contribution is 0.374. The van der Waals surface area contributed by atoms with Crippen molar-refractivity contribution < 1.29 is 8.42 Å². The minimum Gasteiger partial charge on any atom is -0.235 e. The highest BCUT2D eigenvalue weighted by Gasteiger charge is 2.36. The summed E-state index contributed by atoms with van der Waals surface area (Å²) in [6.07, 6.45) is 1.60. The van der Waals surface area contributed by atoms with Crippen LogP contribution < -0.4 is 0 Å². The van der Waals surface area contributed by atoms with Crippen LogP contribution in [0.25, 0.3) is 10.9 Å². The van der Waals surface area contributed by atoms with E-state index in [2.05, 4.69) is 10.1 Å². The molecule has 1 aliphatic rings. The van der Waals surface area contributed by atoms with Crippen LogP contribution in [0.15, 0.2) is 53.6 Å². The highest BCUT2D eigenvalue weighted by atomic mass is 35.5. The summed E-state index contributed by atoms with van der Waals surface area (Å²) in [5.41, 5.74) is 5.26. The van der Waals surface area contributed by atoms with Crippen molar-refractivity contribution in [2.75, 3.05) is 6.26 Å². The summed E-state index contributed by atoms with van der Waals surface area (Å²) in [7, 11) is -3.57. The molecule has 7 heteroatoms. The number of hydrazone groups is 1. The van der Waals surface area contributed by atoms with Gasteiger partial charge in [0.15, 0.2) is 0 Å². The van der Waals surface area contributed by atoms with Gasteiger partial charge in [-0.3, -0.25) is 0 Å². The van der Waals surface area contributed by atoms with E-state index in [9.17, 15) is 8.42 Å². The van der Waals surface area contributed by atoms with Crippen LogP contribution in [0.2, 0.25) is 5.15 Å². The standard InChI is InChI=1S/C21H20ClN3O2S/c1-13-7-9-15(10-8-13)18-12-19(25(24-18)28(3,26)27)17-11-16-6-4-5-14(2)20(16)23-21(17)22/h4-11,19H,12H2,1-3H3/t19-/m1/s1. The number of pyridine rings is 1. The Labute approximate surface area is 169 Å². The molecule has 5 nitrogen and oxygen atoms in total. The molecule has 0 aliphatic carbocycles. The monoisotopic (exact) mass is 413 g/mol. The number of fused-ring (bicyclic) bond motifs is 1. The second-order valence-electron chi connectivity index (χ2n) is 7.18. The van der Waals surface area contributed by atoms with Crippen LogP contribution in [-0.4, -0.2) is 29.8 Å². The van der Waals surface area contributed by atoms with E-state index in [0.29, 0.717) is 17.1 Å². The number of nitrogens with zero attached hydrogens (tertiary/aromatic N) is 3. The van der Waals surface area contributed by atoms with Gasteiger partial charge >= 0.3 is 0 Å². The van der Waals surface area contributed by atoms with Gasteiger partial charge in [0, 0.05) is 17.4 Å².